The van der Waals surface area contributed by atoms with Crippen LogP contribution in [0.5, 0.6) is 5.75 Å². The normalized spacial score (nSPS) is 10.1. The number of hydrogen-bond acceptors (Lipinski definition) is 3. The quantitative estimate of drug-likeness (QED) is 0.772. The second-order valence-electron chi connectivity index (χ2n) is 2.95. The lowest BCUT2D eigenvalue weighted by Gasteiger charge is -2.04. The van der Waals surface area contributed by atoms with Gasteiger partial charge in [0.15, 0.2) is 5.69 Å². The van der Waals surface area contributed by atoms with Gasteiger partial charge in [0.05, 0.1) is 11.9 Å². The van der Waals surface area contributed by atoms with Gasteiger partial charge in [0, 0.05) is 6.07 Å². The molecule has 2 rings (SSSR count). The van der Waals surface area contributed by atoms with Crippen LogP contribution in [0.25, 0.3) is 5.69 Å². The molecule has 0 spiro atoms. The Bertz CT molecular complexity index is 505. The molecule has 1 aromatic carbocycles. The van der Waals surface area contributed by atoms with E-state index in [1.165, 1.54) is 29.1 Å². The largest absolute Gasteiger partial charge is 0.508 e. The summed E-state index contributed by atoms with van der Waals surface area (Å²) in [6.07, 6.45) is 1.40. The monoisotopic (exact) mass is 204 g/mol. The lowest BCUT2D eigenvalue weighted by Crippen LogP contribution is -2.07. The van der Waals surface area contributed by atoms with E-state index in [1.807, 2.05) is 0 Å². The fourth-order valence-corrected chi connectivity index (χ4v) is 1.30. The number of carbonyl (C=O) groups is 1. The molecule has 5 nitrogen and oxygen atoms in total. The molecule has 0 atom stereocenters. The van der Waals surface area contributed by atoms with Gasteiger partial charge in [-0.1, -0.05) is 6.07 Å². The van der Waals surface area contributed by atoms with Crippen LogP contribution in [0.4, 0.5) is 0 Å². The zero-order chi connectivity index (χ0) is 10.8. The number of phenols is 1. The maximum Gasteiger partial charge on any atom is 0.354 e. The molecule has 0 aliphatic rings. The summed E-state index contributed by atoms with van der Waals surface area (Å²) in [7, 11) is 0. The summed E-state index contributed by atoms with van der Waals surface area (Å²) >= 11 is 0. The minimum Gasteiger partial charge on any atom is -0.508 e. The van der Waals surface area contributed by atoms with Crippen molar-refractivity contribution in [3.63, 3.8) is 0 Å². The summed E-state index contributed by atoms with van der Waals surface area (Å²) in [6.45, 7) is 0. The number of carboxylic acids is 1. The van der Waals surface area contributed by atoms with Crippen LogP contribution in [0.2, 0.25) is 0 Å². The Labute approximate surface area is 85.2 Å². The van der Waals surface area contributed by atoms with E-state index in [-0.39, 0.29) is 11.4 Å². The maximum absolute atomic E-state index is 10.8. The second-order valence-corrected chi connectivity index (χ2v) is 2.95. The summed E-state index contributed by atoms with van der Waals surface area (Å²) in [5.74, 6) is -0.991. The molecular formula is C10H8N2O3. The van der Waals surface area contributed by atoms with Crippen molar-refractivity contribution in [3.8, 4) is 11.4 Å². The molecule has 0 saturated carbocycles. The van der Waals surface area contributed by atoms with Gasteiger partial charge in [-0.05, 0) is 18.2 Å². The van der Waals surface area contributed by atoms with E-state index < -0.39 is 5.97 Å². The standard InChI is InChI=1S/C10H8N2O3/c13-8-3-1-2-7(6-8)12-9(10(14)15)4-5-11-12/h1-6,13H,(H,14,15). The smallest absolute Gasteiger partial charge is 0.354 e. The number of hydrogen-bond donors (Lipinski definition) is 2. The van der Waals surface area contributed by atoms with Crippen molar-refractivity contribution in [1.29, 1.82) is 0 Å². The summed E-state index contributed by atoms with van der Waals surface area (Å²) in [5, 5.41) is 22.0. The first-order valence-electron chi connectivity index (χ1n) is 4.25. The van der Waals surface area contributed by atoms with Crippen LogP contribution in [-0.4, -0.2) is 26.0 Å². The molecule has 0 aliphatic heterocycles. The number of phenolic OH excluding ortho intramolecular Hbond substituents is 1. The van der Waals surface area contributed by atoms with Gasteiger partial charge in [-0.3, -0.25) is 0 Å². The Kier molecular flexibility index (Phi) is 2.13. The minimum atomic E-state index is -1.06. The number of rotatable bonds is 2. The molecule has 0 radical (unpaired) electrons. The Balaban J connectivity index is 2.54. The van der Waals surface area contributed by atoms with Crippen LogP contribution in [0, 0.1) is 0 Å². The molecule has 0 unspecified atom stereocenters. The van der Waals surface area contributed by atoms with E-state index in [0.717, 1.165) is 0 Å². The average molecular weight is 204 g/mol. The molecule has 76 valence electrons. The van der Waals surface area contributed by atoms with Gasteiger partial charge in [0.1, 0.15) is 5.75 Å². The van der Waals surface area contributed by atoms with Crippen molar-refractivity contribution in [2.75, 3.05) is 0 Å². The molecule has 0 saturated heterocycles. The molecule has 2 aromatic rings. The summed E-state index contributed by atoms with van der Waals surface area (Å²) in [6, 6.07) is 7.64. The van der Waals surface area contributed by atoms with E-state index >= 15 is 0 Å². The summed E-state index contributed by atoms with van der Waals surface area (Å²) in [4.78, 5) is 10.8. The Morgan fingerprint density at radius 3 is 2.80 bits per heavy atom. The molecule has 5 heteroatoms. The highest BCUT2D eigenvalue weighted by molar-refractivity contribution is 5.86. The van der Waals surface area contributed by atoms with Crippen molar-refractivity contribution in [2.45, 2.75) is 0 Å². The number of benzene rings is 1. The van der Waals surface area contributed by atoms with Gasteiger partial charge in [-0.2, -0.15) is 5.10 Å². The molecule has 0 bridgehead atoms. The first kappa shape index (κ1) is 9.26. The maximum atomic E-state index is 10.8. The summed E-state index contributed by atoms with van der Waals surface area (Å²) in [5.41, 5.74) is 0.568. The molecule has 15 heavy (non-hydrogen) atoms. The lowest BCUT2D eigenvalue weighted by atomic mass is 10.3. The molecule has 0 aliphatic carbocycles. The highest BCUT2D eigenvalue weighted by Crippen LogP contribution is 2.16. The van der Waals surface area contributed by atoms with Gasteiger partial charge in [-0.25, -0.2) is 9.48 Å². The van der Waals surface area contributed by atoms with Crippen LogP contribution in [0.3, 0.4) is 0 Å². The van der Waals surface area contributed by atoms with Gasteiger partial charge < -0.3 is 10.2 Å². The molecule has 0 fully saturated rings. The van der Waals surface area contributed by atoms with Crippen molar-refractivity contribution >= 4 is 5.97 Å². The highest BCUT2D eigenvalue weighted by Gasteiger charge is 2.11. The topological polar surface area (TPSA) is 75.3 Å². The van der Waals surface area contributed by atoms with Gasteiger partial charge in [-0.15, -0.1) is 0 Å². The zero-order valence-corrected chi connectivity index (χ0v) is 7.66. The van der Waals surface area contributed by atoms with Crippen LogP contribution < -0.4 is 0 Å². The number of nitrogens with zero attached hydrogens (tertiary/aromatic N) is 2. The number of aromatic nitrogens is 2. The van der Waals surface area contributed by atoms with E-state index in [2.05, 4.69) is 5.10 Å². The SMILES string of the molecule is O=C(O)c1ccnn1-c1cccc(O)c1. The Hall–Kier alpha value is -2.30. The van der Waals surface area contributed by atoms with Crippen LogP contribution in [-0.2, 0) is 0 Å². The molecule has 0 amide bonds. The number of aromatic hydroxyl groups is 1. The predicted molar refractivity (Wildman–Crippen MR) is 52.2 cm³/mol. The molecule has 1 aromatic heterocycles. The third-order valence-corrected chi connectivity index (χ3v) is 1.94. The van der Waals surface area contributed by atoms with Gasteiger partial charge >= 0.3 is 5.97 Å². The molecule has 1 heterocycles. The molecular weight excluding hydrogens is 196 g/mol. The third-order valence-electron chi connectivity index (χ3n) is 1.94. The Morgan fingerprint density at radius 2 is 2.13 bits per heavy atom. The number of aromatic carboxylic acids is 1. The van der Waals surface area contributed by atoms with Crippen LogP contribution >= 0.6 is 0 Å². The van der Waals surface area contributed by atoms with E-state index in [9.17, 15) is 9.90 Å². The van der Waals surface area contributed by atoms with Crippen molar-refractivity contribution in [2.24, 2.45) is 0 Å². The van der Waals surface area contributed by atoms with Gasteiger partial charge in [0.25, 0.3) is 0 Å². The van der Waals surface area contributed by atoms with E-state index in [4.69, 9.17) is 5.11 Å². The number of carboxylic acid groups (broad SMARTS) is 1. The van der Waals surface area contributed by atoms with E-state index in [0.29, 0.717) is 5.69 Å². The van der Waals surface area contributed by atoms with Crippen LogP contribution in [0.1, 0.15) is 10.5 Å². The zero-order valence-electron chi connectivity index (χ0n) is 7.66. The first-order valence-corrected chi connectivity index (χ1v) is 4.25. The predicted octanol–water partition coefficient (Wildman–Crippen LogP) is 1.28. The fourth-order valence-electron chi connectivity index (χ4n) is 1.30. The van der Waals surface area contributed by atoms with Gasteiger partial charge in [0.2, 0.25) is 0 Å². The van der Waals surface area contributed by atoms with E-state index in [1.54, 1.807) is 12.1 Å². The van der Waals surface area contributed by atoms with Crippen LogP contribution in [0.15, 0.2) is 36.5 Å². The average Bonchev–Trinajstić information content (AvgIpc) is 2.65. The highest BCUT2D eigenvalue weighted by atomic mass is 16.4. The van der Waals surface area contributed by atoms with Crippen molar-refractivity contribution in [3.05, 3.63) is 42.2 Å². The lowest BCUT2D eigenvalue weighted by molar-refractivity contribution is 0.0687. The fraction of sp³-hybridized carbons (Fsp3) is 0. The van der Waals surface area contributed by atoms with Crippen molar-refractivity contribution < 1.29 is 15.0 Å². The summed E-state index contributed by atoms with van der Waals surface area (Å²) < 4.78 is 1.25. The first-order chi connectivity index (χ1) is 7.18. The third kappa shape index (κ3) is 1.67. The second kappa shape index (κ2) is 3.45. The minimum absolute atomic E-state index is 0.0561. The van der Waals surface area contributed by atoms with Crippen molar-refractivity contribution in [1.82, 2.24) is 9.78 Å². The Morgan fingerprint density at radius 1 is 1.33 bits per heavy atom. The molecule has 2 N–H and O–H groups in total.